The van der Waals surface area contributed by atoms with Crippen LogP contribution in [0.5, 0.6) is 11.6 Å². The highest BCUT2D eigenvalue weighted by molar-refractivity contribution is 6.04. The van der Waals surface area contributed by atoms with Crippen molar-refractivity contribution in [2.75, 3.05) is 0 Å². The van der Waals surface area contributed by atoms with E-state index in [2.05, 4.69) is 32.4 Å². The molecule has 1 aliphatic rings. The highest BCUT2D eigenvalue weighted by atomic mass is 16.5. The molecular weight excluding hydrogens is 328 g/mol. The van der Waals surface area contributed by atoms with Gasteiger partial charge in [-0.2, -0.15) is 0 Å². The Kier molecular flexibility index (Phi) is 4.32. The zero-order chi connectivity index (χ0) is 18.1. The molecule has 0 aliphatic heterocycles. The molecule has 0 spiro atoms. The Bertz CT molecular complexity index is 964. The Hall–Kier alpha value is -2.89. The number of rotatable bonds is 5. The van der Waals surface area contributed by atoms with Gasteiger partial charge in [0.1, 0.15) is 11.3 Å². The van der Waals surface area contributed by atoms with Gasteiger partial charge in [0.05, 0.1) is 11.8 Å². The molecule has 6 nitrogen and oxygen atoms in total. The summed E-state index contributed by atoms with van der Waals surface area (Å²) in [6, 6.07) is 6.25. The molecule has 0 saturated carbocycles. The number of nitrogens with zero attached hydrogens (tertiary/aromatic N) is 2. The van der Waals surface area contributed by atoms with E-state index in [0.717, 1.165) is 25.0 Å². The van der Waals surface area contributed by atoms with Crippen molar-refractivity contribution in [3.05, 3.63) is 47.3 Å². The van der Waals surface area contributed by atoms with Gasteiger partial charge in [0, 0.05) is 12.2 Å². The molecule has 0 fully saturated rings. The summed E-state index contributed by atoms with van der Waals surface area (Å²) in [7, 11) is 0. The van der Waals surface area contributed by atoms with Crippen molar-refractivity contribution >= 4 is 17.1 Å². The van der Waals surface area contributed by atoms with Crippen molar-refractivity contribution < 1.29 is 9.53 Å². The third-order valence-electron chi connectivity index (χ3n) is 4.89. The van der Waals surface area contributed by atoms with E-state index in [0.29, 0.717) is 22.6 Å². The summed E-state index contributed by atoms with van der Waals surface area (Å²) in [5, 5.41) is 2.95. The van der Waals surface area contributed by atoms with Gasteiger partial charge in [-0.05, 0) is 55.9 Å². The van der Waals surface area contributed by atoms with E-state index >= 15 is 0 Å². The van der Waals surface area contributed by atoms with Crippen molar-refractivity contribution in [2.24, 2.45) is 0 Å². The van der Waals surface area contributed by atoms with Crippen LogP contribution in [0.1, 0.15) is 48.2 Å². The highest BCUT2D eigenvalue weighted by Gasteiger charge is 2.17. The minimum Gasteiger partial charge on any atom is -0.437 e. The fourth-order valence-corrected chi connectivity index (χ4v) is 3.23. The van der Waals surface area contributed by atoms with Gasteiger partial charge in [0.2, 0.25) is 5.88 Å². The van der Waals surface area contributed by atoms with E-state index in [1.54, 1.807) is 12.4 Å². The van der Waals surface area contributed by atoms with Gasteiger partial charge < -0.3 is 15.0 Å². The van der Waals surface area contributed by atoms with E-state index in [9.17, 15) is 4.79 Å². The zero-order valence-electron chi connectivity index (χ0n) is 15.0. The Morgan fingerprint density at radius 3 is 3.04 bits per heavy atom. The summed E-state index contributed by atoms with van der Waals surface area (Å²) in [6.45, 7) is 4.00. The smallest absolute Gasteiger partial charge is 0.255 e. The average molecular weight is 350 g/mol. The highest BCUT2D eigenvalue weighted by Crippen LogP contribution is 2.29. The molecule has 0 saturated heterocycles. The number of nitrogens with one attached hydrogen (secondary N) is 2. The number of fused-ring (bicyclic) bond motifs is 2. The van der Waals surface area contributed by atoms with Crippen molar-refractivity contribution in [3.63, 3.8) is 0 Å². The number of hydrogen-bond acceptors (Lipinski definition) is 4. The molecule has 6 heteroatoms. The molecule has 2 heterocycles. The summed E-state index contributed by atoms with van der Waals surface area (Å²) >= 11 is 0. The van der Waals surface area contributed by atoms with Crippen LogP contribution in [0.3, 0.4) is 0 Å². The number of benzene rings is 1. The second-order valence-corrected chi connectivity index (χ2v) is 6.78. The van der Waals surface area contributed by atoms with E-state index in [-0.39, 0.29) is 11.9 Å². The van der Waals surface area contributed by atoms with E-state index in [4.69, 9.17) is 4.74 Å². The summed E-state index contributed by atoms with van der Waals surface area (Å²) in [5.41, 5.74) is 4.30. The zero-order valence-corrected chi connectivity index (χ0v) is 15.0. The Balaban J connectivity index is 1.60. The lowest BCUT2D eigenvalue weighted by Gasteiger charge is -2.10. The Morgan fingerprint density at radius 2 is 2.19 bits per heavy atom. The third-order valence-corrected chi connectivity index (χ3v) is 4.89. The number of carbonyl (C=O) groups excluding carboxylic acids is 1. The molecule has 3 aromatic rings. The largest absolute Gasteiger partial charge is 0.437 e. The van der Waals surface area contributed by atoms with Gasteiger partial charge in [-0.3, -0.25) is 4.79 Å². The van der Waals surface area contributed by atoms with Crippen molar-refractivity contribution in [1.82, 2.24) is 20.3 Å². The lowest BCUT2D eigenvalue weighted by molar-refractivity contribution is 0.0941. The van der Waals surface area contributed by atoms with Gasteiger partial charge >= 0.3 is 0 Å². The molecule has 134 valence electrons. The van der Waals surface area contributed by atoms with E-state index in [1.807, 2.05) is 19.9 Å². The van der Waals surface area contributed by atoms with Gasteiger partial charge in [-0.15, -0.1) is 0 Å². The number of ether oxygens (including phenoxy) is 1. The molecule has 2 N–H and O–H groups in total. The molecule has 26 heavy (non-hydrogen) atoms. The Morgan fingerprint density at radius 1 is 1.35 bits per heavy atom. The third kappa shape index (κ3) is 3.14. The first kappa shape index (κ1) is 16.6. The lowest BCUT2D eigenvalue weighted by Crippen LogP contribution is -2.31. The van der Waals surface area contributed by atoms with Crippen LogP contribution < -0.4 is 10.1 Å². The Labute approximate surface area is 152 Å². The number of aromatic nitrogens is 3. The molecule has 1 amide bonds. The number of aryl methyl sites for hydroxylation is 2. The van der Waals surface area contributed by atoms with Crippen LogP contribution in [0.2, 0.25) is 0 Å². The maximum absolute atomic E-state index is 12.4. The van der Waals surface area contributed by atoms with Gasteiger partial charge in [-0.25, -0.2) is 9.97 Å². The first-order valence-electron chi connectivity index (χ1n) is 9.08. The summed E-state index contributed by atoms with van der Waals surface area (Å²) in [5.74, 6) is 0.975. The van der Waals surface area contributed by atoms with Crippen LogP contribution in [-0.4, -0.2) is 26.9 Å². The minimum atomic E-state index is -0.158. The number of aromatic amines is 1. The molecule has 1 atom stereocenters. The summed E-state index contributed by atoms with van der Waals surface area (Å²) in [4.78, 5) is 24.3. The first-order valence-corrected chi connectivity index (χ1v) is 9.08. The van der Waals surface area contributed by atoms with Crippen LogP contribution in [0.15, 0.2) is 30.6 Å². The maximum Gasteiger partial charge on any atom is 0.255 e. The quantitative estimate of drug-likeness (QED) is 0.734. The predicted molar refractivity (Wildman–Crippen MR) is 99.6 cm³/mol. The molecular formula is C20H22N4O2. The number of amides is 1. The second kappa shape index (κ2) is 6.78. The van der Waals surface area contributed by atoms with E-state index < -0.39 is 0 Å². The number of H-pyrrole nitrogens is 1. The van der Waals surface area contributed by atoms with Crippen LogP contribution in [-0.2, 0) is 12.8 Å². The average Bonchev–Trinajstić information content (AvgIpc) is 3.27. The maximum atomic E-state index is 12.4. The minimum absolute atomic E-state index is 0.103. The summed E-state index contributed by atoms with van der Waals surface area (Å²) in [6.07, 6.45) is 7.51. The van der Waals surface area contributed by atoms with Crippen molar-refractivity contribution in [3.8, 4) is 11.6 Å². The molecule has 0 bridgehead atoms. The van der Waals surface area contributed by atoms with Gasteiger partial charge in [0.15, 0.2) is 5.65 Å². The van der Waals surface area contributed by atoms with Gasteiger partial charge in [0.25, 0.3) is 5.91 Å². The molecule has 1 aromatic carbocycles. The van der Waals surface area contributed by atoms with Crippen LogP contribution in [0.4, 0.5) is 0 Å². The SMILES string of the molecule is CCC(C)NC(=O)c1c[nH]c2ncc(Oc3ccc4c(c3)CCC4)nc12. The van der Waals surface area contributed by atoms with Gasteiger partial charge in [-0.1, -0.05) is 13.0 Å². The fourth-order valence-electron chi connectivity index (χ4n) is 3.23. The van der Waals surface area contributed by atoms with Crippen molar-refractivity contribution in [1.29, 1.82) is 0 Å². The molecule has 4 rings (SSSR count). The van der Waals surface area contributed by atoms with Crippen LogP contribution in [0, 0.1) is 0 Å². The molecule has 1 unspecified atom stereocenters. The molecule has 1 aliphatic carbocycles. The second-order valence-electron chi connectivity index (χ2n) is 6.78. The molecule has 0 radical (unpaired) electrons. The van der Waals surface area contributed by atoms with Crippen LogP contribution in [0.25, 0.3) is 11.2 Å². The monoisotopic (exact) mass is 350 g/mol. The number of carbonyl (C=O) groups is 1. The standard InChI is InChI=1S/C20H22N4O2/c1-3-12(2)23-20(25)16-10-21-19-18(16)24-17(11-22-19)26-15-8-7-13-5-4-6-14(13)9-15/h7-12H,3-6H2,1-2H3,(H,21,22)(H,23,25). The molecule has 2 aromatic heterocycles. The first-order chi connectivity index (χ1) is 12.6. The fraction of sp³-hybridized carbons (Fsp3) is 0.350. The van der Waals surface area contributed by atoms with E-state index in [1.165, 1.54) is 17.5 Å². The van der Waals surface area contributed by atoms with Crippen LogP contribution >= 0.6 is 0 Å². The predicted octanol–water partition coefficient (Wildman–Crippen LogP) is 3.77. The normalized spacial score (nSPS) is 14.2. The summed E-state index contributed by atoms with van der Waals surface area (Å²) < 4.78 is 5.90. The topological polar surface area (TPSA) is 79.9 Å². The van der Waals surface area contributed by atoms with Crippen molar-refractivity contribution in [2.45, 2.75) is 45.6 Å². The number of hydrogen-bond donors (Lipinski definition) is 2. The lowest BCUT2D eigenvalue weighted by atomic mass is 10.1.